The Bertz CT molecular complexity index is 385. The molecule has 2 heterocycles. The van der Waals surface area contributed by atoms with Crippen molar-refractivity contribution < 1.29 is 14.1 Å². The summed E-state index contributed by atoms with van der Waals surface area (Å²) in [4.78, 5) is 11.7. The summed E-state index contributed by atoms with van der Waals surface area (Å²) in [6.07, 6.45) is 2.12. The number of nitrogens with zero attached hydrogens (tertiary/aromatic N) is 1. The van der Waals surface area contributed by atoms with Gasteiger partial charge >= 0.3 is 0 Å². The summed E-state index contributed by atoms with van der Waals surface area (Å²) in [5.74, 6) is -0.279. The van der Waals surface area contributed by atoms with E-state index in [9.17, 15) is 4.79 Å². The van der Waals surface area contributed by atoms with Crippen molar-refractivity contribution in [3.63, 3.8) is 0 Å². The number of aryl methyl sites for hydroxylation is 1. The van der Waals surface area contributed by atoms with E-state index < -0.39 is 0 Å². The summed E-state index contributed by atoms with van der Waals surface area (Å²) < 4.78 is 10.2. The molecule has 5 nitrogen and oxygen atoms in total. The van der Waals surface area contributed by atoms with Crippen LogP contribution in [0.5, 0.6) is 0 Å². The first kappa shape index (κ1) is 11.4. The van der Waals surface area contributed by atoms with Crippen molar-refractivity contribution in [2.24, 2.45) is 0 Å². The van der Waals surface area contributed by atoms with Crippen molar-refractivity contribution in [2.75, 3.05) is 13.2 Å². The molecule has 1 aromatic rings. The van der Waals surface area contributed by atoms with Gasteiger partial charge < -0.3 is 14.6 Å². The van der Waals surface area contributed by atoms with Gasteiger partial charge in [0.2, 0.25) is 5.76 Å². The third kappa shape index (κ3) is 2.36. The van der Waals surface area contributed by atoms with Crippen LogP contribution in [0.25, 0.3) is 0 Å². The lowest BCUT2D eigenvalue weighted by molar-refractivity contribution is 0.0828. The molecule has 1 amide bonds. The van der Waals surface area contributed by atoms with E-state index in [0.717, 1.165) is 19.4 Å². The Morgan fingerprint density at radius 3 is 3.06 bits per heavy atom. The number of aromatic nitrogens is 1. The fraction of sp³-hybridized carbons (Fsp3) is 0.600. The van der Waals surface area contributed by atoms with Crippen molar-refractivity contribution >= 4 is 17.5 Å². The van der Waals surface area contributed by atoms with Gasteiger partial charge in [-0.25, -0.2) is 0 Å². The second-order valence-electron chi connectivity index (χ2n) is 3.76. The van der Waals surface area contributed by atoms with Crippen molar-refractivity contribution in [3.05, 3.63) is 16.5 Å². The van der Waals surface area contributed by atoms with Gasteiger partial charge in [-0.15, -0.1) is 0 Å². The molecule has 1 atom stereocenters. The Labute approximate surface area is 98.1 Å². The fourth-order valence-corrected chi connectivity index (χ4v) is 1.75. The average molecular weight is 245 g/mol. The van der Waals surface area contributed by atoms with Crippen LogP contribution >= 0.6 is 11.6 Å². The highest BCUT2D eigenvalue weighted by atomic mass is 35.5. The molecule has 0 saturated carbocycles. The number of amides is 1. The summed E-state index contributed by atoms with van der Waals surface area (Å²) in [6.45, 7) is 2.93. The van der Waals surface area contributed by atoms with Gasteiger partial charge in [0.1, 0.15) is 5.02 Å². The third-order valence-corrected chi connectivity index (χ3v) is 2.96. The molecule has 0 aromatic carbocycles. The molecule has 0 bridgehead atoms. The summed E-state index contributed by atoms with van der Waals surface area (Å²) in [5.41, 5.74) is 0.518. The maximum Gasteiger partial charge on any atom is 0.291 e. The number of carbonyl (C=O) groups is 1. The maximum atomic E-state index is 11.7. The smallest absolute Gasteiger partial charge is 0.291 e. The van der Waals surface area contributed by atoms with Gasteiger partial charge in [0.25, 0.3) is 5.91 Å². The van der Waals surface area contributed by atoms with Crippen LogP contribution in [0, 0.1) is 6.92 Å². The maximum absolute atomic E-state index is 11.7. The second-order valence-corrected chi connectivity index (χ2v) is 4.13. The molecule has 1 unspecified atom stereocenters. The molecule has 0 spiro atoms. The summed E-state index contributed by atoms with van der Waals surface area (Å²) in [7, 11) is 0. The zero-order valence-electron chi connectivity index (χ0n) is 8.96. The molecule has 88 valence electrons. The molecule has 0 radical (unpaired) electrons. The predicted octanol–water partition coefficient (Wildman–Crippen LogP) is 1.55. The van der Waals surface area contributed by atoms with Crippen LogP contribution < -0.4 is 5.32 Å². The normalized spacial score (nSPS) is 20.0. The minimum absolute atomic E-state index is 0.0668. The van der Waals surface area contributed by atoms with Crippen LogP contribution in [0.1, 0.15) is 29.1 Å². The topological polar surface area (TPSA) is 64.4 Å². The fourth-order valence-electron chi connectivity index (χ4n) is 1.59. The van der Waals surface area contributed by atoms with Crippen molar-refractivity contribution in [3.8, 4) is 0 Å². The lowest BCUT2D eigenvalue weighted by Crippen LogP contribution is -2.31. The number of carbonyl (C=O) groups excluding carboxylic acids is 1. The van der Waals surface area contributed by atoms with Crippen molar-refractivity contribution in [2.45, 2.75) is 25.9 Å². The van der Waals surface area contributed by atoms with E-state index >= 15 is 0 Å². The monoisotopic (exact) mass is 244 g/mol. The van der Waals surface area contributed by atoms with Gasteiger partial charge in [0, 0.05) is 13.2 Å². The molecule has 6 heteroatoms. The molecular weight excluding hydrogens is 232 g/mol. The molecule has 1 saturated heterocycles. The quantitative estimate of drug-likeness (QED) is 0.876. The van der Waals surface area contributed by atoms with Gasteiger partial charge in [0.05, 0.1) is 11.8 Å². The van der Waals surface area contributed by atoms with Crippen molar-refractivity contribution in [1.29, 1.82) is 0 Å². The highest BCUT2D eigenvalue weighted by Gasteiger charge is 2.21. The molecule has 2 rings (SSSR count). The van der Waals surface area contributed by atoms with Gasteiger partial charge in [-0.3, -0.25) is 4.79 Å². The highest BCUT2D eigenvalue weighted by Crippen LogP contribution is 2.19. The molecule has 1 fully saturated rings. The molecule has 1 N–H and O–H groups in total. The van der Waals surface area contributed by atoms with Crippen LogP contribution in [-0.4, -0.2) is 30.3 Å². The van der Waals surface area contributed by atoms with Crippen molar-refractivity contribution in [1.82, 2.24) is 10.5 Å². The summed E-state index contributed by atoms with van der Waals surface area (Å²) in [5, 5.41) is 6.60. The molecule has 1 aliphatic rings. The Hall–Kier alpha value is -1.07. The van der Waals surface area contributed by atoms with Gasteiger partial charge in [-0.05, 0) is 19.8 Å². The van der Waals surface area contributed by atoms with Crippen LogP contribution in [0.3, 0.4) is 0 Å². The van der Waals surface area contributed by atoms with Gasteiger partial charge in [-0.1, -0.05) is 16.8 Å². The van der Waals surface area contributed by atoms with E-state index in [1.807, 2.05) is 0 Å². The average Bonchev–Trinajstić information content (AvgIpc) is 2.88. The first-order valence-electron chi connectivity index (χ1n) is 5.20. The number of hydrogen-bond donors (Lipinski definition) is 1. The Morgan fingerprint density at radius 1 is 1.69 bits per heavy atom. The number of rotatable bonds is 3. The number of ether oxygens (including phenoxy) is 1. The van der Waals surface area contributed by atoms with Crippen LogP contribution in [0.15, 0.2) is 4.52 Å². The van der Waals surface area contributed by atoms with E-state index in [4.69, 9.17) is 20.9 Å². The lowest BCUT2D eigenvalue weighted by Gasteiger charge is -2.09. The molecule has 16 heavy (non-hydrogen) atoms. The SMILES string of the molecule is Cc1noc(C(=O)NCC2CCCO2)c1Cl. The Balaban J connectivity index is 1.90. The Morgan fingerprint density at radius 2 is 2.50 bits per heavy atom. The van der Waals surface area contributed by atoms with Crippen LogP contribution in [0.2, 0.25) is 5.02 Å². The standard InChI is InChI=1S/C10H13ClN2O3/c1-6-8(11)9(16-13-6)10(14)12-5-7-3-2-4-15-7/h7H,2-5H2,1H3,(H,12,14). The predicted molar refractivity (Wildman–Crippen MR) is 57.6 cm³/mol. The zero-order chi connectivity index (χ0) is 11.5. The van der Waals surface area contributed by atoms with E-state index in [1.165, 1.54) is 0 Å². The first-order chi connectivity index (χ1) is 7.68. The van der Waals surface area contributed by atoms with Crippen LogP contribution in [0.4, 0.5) is 0 Å². The minimum Gasteiger partial charge on any atom is -0.376 e. The van der Waals surface area contributed by atoms with Gasteiger partial charge in [-0.2, -0.15) is 0 Å². The van der Waals surface area contributed by atoms with E-state index in [-0.39, 0.29) is 22.8 Å². The van der Waals surface area contributed by atoms with Crippen LogP contribution in [-0.2, 0) is 4.74 Å². The van der Waals surface area contributed by atoms with E-state index in [2.05, 4.69) is 10.5 Å². The highest BCUT2D eigenvalue weighted by molar-refractivity contribution is 6.33. The lowest BCUT2D eigenvalue weighted by atomic mass is 10.2. The summed E-state index contributed by atoms with van der Waals surface area (Å²) >= 11 is 5.85. The number of halogens is 1. The Kier molecular flexibility index (Phi) is 3.46. The number of nitrogens with one attached hydrogen (secondary N) is 1. The second kappa shape index (κ2) is 4.84. The molecule has 1 aliphatic heterocycles. The minimum atomic E-state index is -0.346. The van der Waals surface area contributed by atoms with E-state index in [1.54, 1.807) is 6.92 Å². The molecular formula is C10H13ClN2O3. The first-order valence-corrected chi connectivity index (χ1v) is 5.58. The number of hydrogen-bond acceptors (Lipinski definition) is 4. The largest absolute Gasteiger partial charge is 0.376 e. The van der Waals surface area contributed by atoms with E-state index in [0.29, 0.717) is 12.2 Å². The van der Waals surface area contributed by atoms with Gasteiger partial charge in [0.15, 0.2) is 0 Å². The summed E-state index contributed by atoms with van der Waals surface area (Å²) in [6, 6.07) is 0. The zero-order valence-corrected chi connectivity index (χ0v) is 9.71. The molecule has 0 aliphatic carbocycles. The third-order valence-electron chi connectivity index (χ3n) is 2.51. The molecule has 1 aromatic heterocycles.